The highest BCUT2D eigenvalue weighted by Gasteiger charge is 2.13. The summed E-state index contributed by atoms with van der Waals surface area (Å²) in [6.45, 7) is 0. The molecule has 0 saturated carbocycles. The Balaban J connectivity index is 3.17. The Morgan fingerprint density at radius 3 is 2.77 bits per heavy atom. The Morgan fingerprint density at radius 1 is 1.54 bits per heavy atom. The number of carbonyl (C=O) groups excluding carboxylic acids is 1. The van der Waals surface area contributed by atoms with Gasteiger partial charge in [-0.3, -0.25) is 14.9 Å². The molecule has 0 aliphatic heterocycles. The van der Waals surface area contributed by atoms with Crippen LogP contribution < -0.4 is 5.32 Å². The van der Waals surface area contributed by atoms with Crippen LogP contribution in [-0.4, -0.2) is 11.3 Å². The van der Waals surface area contributed by atoms with Gasteiger partial charge < -0.3 is 5.32 Å². The molecule has 6 heteroatoms. The van der Waals surface area contributed by atoms with Gasteiger partial charge in [0.05, 0.1) is 11.0 Å². The number of halogens is 1. The summed E-state index contributed by atoms with van der Waals surface area (Å²) in [4.78, 5) is 19.4. The molecule has 0 saturated heterocycles. The summed E-state index contributed by atoms with van der Waals surface area (Å²) in [6.07, 6.45) is 1.27. The summed E-state index contributed by atoms with van der Waals surface area (Å²) in [5.74, 6) is -0.733. The quantitative estimate of drug-likeness (QED) is 0.435. The summed E-state index contributed by atoms with van der Waals surface area (Å²) < 4.78 is 12.5. The lowest BCUT2D eigenvalue weighted by Gasteiger charge is -1.98. The van der Waals surface area contributed by atoms with E-state index in [0.29, 0.717) is 0 Å². The predicted octanol–water partition coefficient (Wildman–Crippen LogP) is 1.21. The average molecular weight is 183 g/mol. The topological polar surface area (TPSA) is 72.2 Å². The summed E-state index contributed by atoms with van der Waals surface area (Å²) in [5, 5.41) is 12.3. The first-order valence-corrected chi connectivity index (χ1v) is 3.22. The maximum atomic E-state index is 12.5. The van der Waals surface area contributed by atoms with Crippen LogP contribution in [0, 0.1) is 15.9 Å². The SMILES string of the molecule is O=[C]Nc1ccc(F)cc1[N+](=O)[O-]. The highest BCUT2D eigenvalue weighted by atomic mass is 19.1. The van der Waals surface area contributed by atoms with Crippen molar-refractivity contribution in [1.82, 2.24) is 0 Å². The molecule has 1 radical (unpaired) electrons. The highest BCUT2D eigenvalue weighted by Crippen LogP contribution is 2.23. The Labute approximate surface area is 72.3 Å². The Kier molecular flexibility index (Phi) is 2.53. The van der Waals surface area contributed by atoms with Crippen LogP contribution in [0.15, 0.2) is 18.2 Å². The molecule has 1 amide bonds. The van der Waals surface area contributed by atoms with Crippen molar-refractivity contribution in [3.05, 3.63) is 34.1 Å². The molecule has 0 fully saturated rings. The molecule has 1 aromatic carbocycles. The molecule has 1 rings (SSSR count). The highest BCUT2D eigenvalue weighted by molar-refractivity contribution is 5.77. The molecular formula is C7H4FN2O3. The molecule has 5 nitrogen and oxygen atoms in total. The maximum absolute atomic E-state index is 12.5. The zero-order valence-corrected chi connectivity index (χ0v) is 6.28. The van der Waals surface area contributed by atoms with E-state index in [1.807, 2.05) is 5.32 Å². The minimum absolute atomic E-state index is 0.0820. The molecule has 67 valence electrons. The van der Waals surface area contributed by atoms with Crippen molar-refractivity contribution in [3.8, 4) is 0 Å². The molecule has 0 aliphatic rings. The van der Waals surface area contributed by atoms with Gasteiger partial charge in [-0.25, -0.2) is 4.39 Å². The van der Waals surface area contributed by atoms with Crippen molar-refractivity contribution < 1.29 is 14.1 Å². The van der Waals surface area contributed by atoms with Crippen molar-refractivity contribution >= 4 is 17.8 Å². The van der Waals surface area contributed by atoms with Crippen molar-refractivity contribution in [2.24, 2.45) is 0 Å². The molecule has 1 aromatic rings. The second-order valence-corrected chi connectivity index (χ2v) is 2.15. The molecule has 0 heterocycles. The summed E-state index contributed by atoms with van der Waals surface area (Å²) in [6, 6.07) is 2.82. The van der Waals surface area contributed by atoms with Gasteiger partial charge >= 0.3 is 6.41 Å². The largest absolute Gasteiger partial charge is 0.314 e. The second-order valence-electron chi connectivity index (χ2n) is 2.15. The summed E-state index contributed by atoms with van der Waals surface area (Å²) in [5.41, 5.74) is -0.579. The molecule has 13 heavy (non-hydrogen) atoms. The Hall–Kier alpha value is -1.98. The van der Waals surface area contributed by atoms with Crippen LogP contribution in [0.5, 0.6) is 0 Å². The maximum Gasteiger partial charge on any atom is 0.314 e. The van der Waals surface area contributed by atoms with E-state index in [2.05, 4.69) is 0 Å². The number of anilines is 1. The van der Waals surface area contributed by atoms with Crippen LogP contribution in [-0.2, 0) is 4.79 Å². The van der Waals surface area contributed by atoms with E-state index >= 15 is 0 Å². The number of hydrogen-bond acceptors (Lipinski definition) is 3. The molecule has 0 spiro atoms. The first kappa shape index (κ1) is 9.11. The van der Waals surface area contributed by atoms with E-state index in [9.17, 15) is 19.3 Å². The number of benzene rings is 1. The van der Waals surface area contributed by atoms with Gasteiger partial charge in [0.15, 0.2) is 0 Å². The molecule has 0 bridgehead atoms. The zero-order chi connectivity index (χ0) is 9.84. The van der Waals surface area contributed by atoms with Gasteiger partial charge in [0, 0.05) is 0 Å². The Bertz CT molecular complexity index is 354. The van der Waals surface area contributed by atoms with Gasteiger partial charge in [-0.2, -0.15) is 0 Å². The number of amides is 1. The number of nitro benzene ring substituents is 1. The smallest absolute Gasteiger partial charge is 0.312 e. The third-order valence-corrected chi connectivity index (χ3v) is 1.34. The van der Waals surface area contributed by atoms with Gasteiger partial charge in [-0.15, -0.1) is 0 Å². The first-order valence-electron chi connectivity index (χ1n) is 3.22. The molecule has 0 aliphatic carbocycles. The molecule has 0 aromatic heterocycles. The lowest BCUT2D eigenvalue weighted by molar-refractivity contribution is -0.384. The lowest BCUT2D eigenvalue weighted by Crippen LogP contribution is -1.99. The van der Waals surface area contributed by atoms with Crippen LogP contribution in [0.1, 0.15) is 0 Å². The van der Waals surface area contributed by atoms with Gasteiger partial charge in [0.1, 0.15) is 11.5 Å². The van der Waals surface area contributed by atoms with Crippen LogP contribution in [0.3, 0.4) is 0 Å². The standard InChI is InChI=1S/C7H4FN2O3/c8-5-1-2-6(9-4-11)7(3-5)10(12)13/h1-3H,(H,9,11). The summed E-state index contributed by atoms with van der Waals surface area (Å²) >= 11 is 0. The molecule has 0 unspecified atom stereocenters. The lowest BCUT2D eigenvalue weighted by atomic mass is 10.2. The average Bonchev–Trinajstić information content (AvgIpc) is 2.08. The normalized spacial score (nSPS) is 9.31. The van der Waals surface area contributed by atoms with E-state index < -0.39 is 16.4 Å². The number of nitro groups is 1. The van der Waals surface area contributed by atoms with Gasteiger partial charge in [-0.05, 0) is 12.1 Å². The van der Waals surface area contributed by atoms with Gasteiger partial charge in [-0.1, -0.05) is 0 Å². The third kappa shape index (κ3) is 1.98. The van der Waals surface area contributed by atoms with Crippen molar-refractivity contribution in [1.29, 1.82) is 0 Å². The van der Waals surface area contributed by atoms with Gasteiger partial charge in [0.25, 0.3) is 5.69 Å². The van der Waals surface area contributed by atoms with Crippen molar-refractivity contribution in [2.75, 3.05) is 5.32 Å². The molecule has 1 N–H and O–H groups in total. The number of rotatable bonds is 3. The van der Waals surface area contributed by atoms with Crippen LogP contribution in [0.25, 0.3) is 0 Å². The summed E-state index contributed by atoms with van der Waals surface area (Å²) in [7, 11) is 0. The van der Waals surface area contributed by atoms with Gasteiger partial charge in [0.2, 0.25) is 0 Å². The predicted molar refractivity (Wildman–Crippen MR) is 42.4 cm³/mol. The molecular weight excluding hydrogens is 179 g/mol. The molecule has 0 atom stereocenters. The van der Waals surface area contributed by atoms with Crippen LogP contribution in [0.4, 0.5) is 15.8 Å². The fourth-order valence-corrected chi connectivity index (χ4v) is 0.817. The van der Waals surface area contributed by atoms with Crippen LogP contribution >= 0.6 is 0 Å². The second kappa shape index (κ2) is 3.61. The minimum Gasteiger partial charge on any atom is -0.312 e. The fraction of sp³-hybridized carbons (Fsp3) is 0. The van der Waals surface area contributed by atoms with E-state index in [4.69, 9.17) is 0 Å². The monoisotopic (exact) mass is 183 g/mol. The van der Waals surface area contributed by atoms with E-state index in [1.54, 1.807) is 0 Å². The van der Waals surface area contributed by atoms with Crippen LogP contribution in [0.2, 0.25) is 0 Å². The van der Waals surface area contributed by atoms with Crippen molar-refractivity contribution in [3.63, 3.8) is 0 Å². The number of hydrogen-bond donors (Lipinski definition) is 1. The third-order valence-electron chi connectivity index (χ3n) is 1.34. The minimum atomic E-state index is -0.789. The fourth-order valence-electron chi connectivity index (χ4n) is 0.817. The van der Waals surface area contributed by atoms with E-state index in [1.165, 1.54) is 6.41 Å². The van der Waals surface area contributed by atoms with Crippen molar-refractivity contribution in [2.45, 2.75) is 0 Å². The number of nitrogens with one attached hydrogen (secondary N) is 1. The Morgan fingerprint density at radius 2 is 2.23 bits per heavy atom. The van der Waals surface area contributed by atoms with E-state index in [0.717, 1.165) is 18.2 Å². The van der Waals surface area contributed by atoms with E-state index in [-0.39, 0.29) is 5.69 Å². The first-order chi connectivity index (χ1) is 6.15. The number of nitrogens with zero attached hydrogens (tertiary/aromatic N) is 1. The zero-order valence-electron chi connectivity index (χ0n) is 6.28.